The first kappa shape index (κ1) is 14.4. The molecule has 3 nitrogen and oxygen atoms in total. The van der Waals surface area contributed by atoms with Gasteiger partial charge in [0.1, 0.15) is 5.69 Å². The number of aromatic nitrogens is 2. The van der Waals surface area contributed by atoms with Gasteiger partial charge in [-0.15, -0.1) is 0 Å². The van der Waals surface area contributed by atoms with E-state index in [0.717, 1.165) is 0 Å². The van der Waals surface area contributed by atoms with Gasteiger partial charge in [0.05, 0.1) is 6.20 Å². The van der Waals surface area contributed by atoms with Crippen molar-refractivity contribution in [1.82, 2.24) is 9.78 Å². The zero-order valence-corrected chi connectivity index (χ0v) is 10.9. The fourth-order valence-corrected chi connectivity index (χ4v) is 1.67. The van der Waals surface area contributed by atoms with Crippen LogP contribution in [-0.2, 0) is 6.54 Å². The molecule has 0 amide bonds. The van der Waals surface area contributed by atoms with Gasteiger partial charge in [0.15, 0.2) is 23.3 Å². The van der Waals surface area contributed by atoms with Gasteiger partial charge in [-0.05, 0) is 13.8 Å². The van der Waals surface area contributed by atoms with Gasteiger partial charge >= 0.3 is 0 Å². The molecule has 0 saturated carbocycles. The molecule has 1 N–H and O–H groups in total. The summed E-state index contributed by atoms with van der Waals surface area (Å²) in [5.74, 6) is -5.77. The van der Waals surface area contributed by atoms with Crippen molar-refractivity contribution in [3.05, 3.63) is 47.3 Å². The van der Waals surface area contributed by atoms with Crippen molar-refractivity contribution in [3.8, 4) is 0 Å². The number of rotatable bonds is 4. The van der Waals surface area contributed by atoms with Gasteiger partial charge in [0.25, 0.3) is 0 Å². The highest BCUT2D eigenvalue weighted by Gasteiger charge is 2.18. The Morgan fingerprint density at radius 1 is 1.15 bits per heavy atom. The molecule has 0 saturated heterocycles. The Kier molecular flexibility index (Phi) is 3.96. The van der Waals surface area contributed by atoms with E-state index >= 15 is 0 Å². The van der Waals surface area contributed by atoms with Crippen LogP contribution in [-0.4, -0.2) is 9.78 Å². The van der Waals surface area contributed by atoms with Gasteiger partial charge in [-0.2, -0.15) is 5.10 Å². The Morgan fingerprint density at radius 2 is 1.75 bits per heavy atom. The van der Waals surface area contributed by atoms with Crippen LogP contribution in [0.2, 0.25) is 0 Å². The van der Waals surface area contributed by atoms with Crippen molar-refractivity contribution in [2.45, 2.75) is 26.4 Å². The Morgan fingerprint density at radius 3 is 2.25 bits per heavy atom. The summed E-state index contributed by atoms with van der Waals surface area (Å²) in [6.07, 6.45) is 3.20. The molecular weight excluding hydrogens is 274 g/mol. The second-order valence-corrected chi connectivity index (χ2v) is 4.62. The third kappa shape index (κ3) is 2.76. The summed E-state index contributed by atoms with van der Waals surface area (Å²) in [5.41, 5.74) is -0.179. The first-order chi connectivity index (χ1) is 9.40. The molecule has 0 bridgehead atoms. The molecule has 0 unspecified atom stereocenters. The van der Waals surface area contributed by atoms with Gasteiger partial charge < -0.3 is 5.32 Å². The van der Waals surface area contributed by atoms with Crippen molar-refractivity contribution in [2.75, 3.05) is 5.32 Å². The van der Waals surface area contributed by atoms with E-state index in [-0.39, 0.29) is 18.7 Å². The topological polar surface area (TPSA) is 29.9 Å². The Labute approximate surface area is 113 Å². The summed E-state index contributed by atoms with van der Waals surface area (Å²) in [5, 5.41) is 6.40. The quantitative estimate of drug-likeness (QED) is 0.687. The lowest BCUT2D eigenvalue weighted by molar-refractivity contribution is 0.458. The van der Waals surface area contributed by atoms with E-state index in [0.29, 0.717) is 5.56 Å². The predicted octanol–water partition coefficient (Wildman–Crippen LogP) is 3.63. The highest BCUT2D eigenvalue weighted by Crippen LogP contribution is 2.24. The summed E-state index contributed by atoms with van der Waals surface area (Å²) in [6.45, 7) is 3.85. The van der Waals surface area contributed by atoms with E-state index in [1.807, 2.05) is 13.8 Å². The second kappa shape index (κ2) is 5.52. The molecule has 108 valence electrons. The molecule has 1 aromatic heterocycles. The minimum absolute atomic E-state index is 0.00343. The van der Waals surface area contributed by atoms with Gasteiger partial charge in [0.2, 0.25) is 0 Å². The molecule has 0 aliphatic carbocycles. The maximum absolute atomic E-state index is 13.4. The molecule has 0 spiro atoms. The van der Waals surface area contributed by atoms with Crippen LogP contribution < -0.4 is 5.32 Å². The van der Waals surface area contributed by atoms with E-state index in [1.54, 1.807) is 10.9 Å². The first-order valence-corrected chi connectivity index (χ1v) is 6.00. The molecule has 2 rings (SSSR count). The summed E-state index contributed by atoms with van der Waals surface area (Å²) >= 11 is 0. The van der Waals surface area contributed by atoms with Crippen LogP contribution in [0.5, 0.6) is 0 Å². The number of hydrogen-bond acceptors (Lipinski definition) is 2. The normalized spacial score (nSPS) is 11.2. The molecule has 0 fully saturated rings. The minimum Gasteiger partial charge on any atom is -0.376 e. The van der Waals surface area contributed by atoms with Crippen molar-refractivity contribution >= 4 is 5.69 Å². The lowest BCUT2D eigenvalue weighted by Crippen LogP contribution is -2.07. The van der Waals surface area contributed by atoms with Crippen molar-refractivity contribution in [3.63, 3.8) is 0 Å². The molecule has 1 aromatic carbocycles. The molecule has 20 heavy (non-hydrogen) atoms. The van der Waals surface area contributed by atoms with E-state index in [4.69, 9.17) is 0 Å². The van der Waals surface area contributed by atoms with Crippen LogP contribution in [0.1, 0.15) is 25.5 Å². The molecule has 0 radical (unpaired) electrons. The highest BCUT2D eigenvalue weighted by atomic mass is 19.2. The summed E-state index contributed by atoms with van der Waals surface area (Å²) in [6, 6.07) is 0.316. The second-order valence-electron chi connectivity index (χ2n) is 4.62. The van der Waals surface area contributed by atoms with Gasteiger partial charge in [-0.25, -0.2) is 17.6 Å². The fraction of sp³-hybridized carbons (Fsp3) is 0.308. The van der Waals surface area contributed by atoms with Gasteiger partial charge in [-0.1, -0.05) is 0 Å². The average molecular weight is 287 g/mol. The number of halogens is 4. The van der Waals surface area contributed by atoms with Crippen LogP contribution >= 0.6 is 0 Å². The lowest BCUT2D eigenvalue weighted by Gasteiger charge is -2.09. The first-order valence-electron chi connectivity index (χ1n) is 6.00. The zero-order valence-electron chi connectivity index (χ0n) is 10.9. The Hall–Kier alpha value is -2.05. The van der Waals surface area contributed by atoms with E-state index < -0.39 is 29.0 Å². The molecule has 0 aliphatic heterocycles. The minimum atomic E-state index is -1.44. The summed E-state index contributed by atoms with van der Waals surface area (Å²) in [7, 11) is 0. The fourth-order valence-electron chi connectivity index (χ4n) is 1.67. The number of nitrogens with zero attached hydrogens (tertiary/aromatic N) is 2. The van der Waals surface area contributed by atoms with Crippen LogP contribution in [0, 0.1) is 23.3 Å². The van der Waals surface area contributed by atoms with E-state index in [1.165, 1.54) is 6.20 Å². The lowest BCUT2D eigenvalue weighted by atomic mass is 10.2. The highest BCUT2D eigenvalue weighted by molar-refractivity contribution is 5.47. The van der Waals surface area contributed by atoms with Crippen LogP contribution in [0.25, 0.3) is 0 Å². The standard InChI is InChI=1S/C13H13F4N3/c1-7(2)20-6-8(5-19-20)4-18-13-11(16)9(14)3-10(15)12(13)17/h3,5-7,18H,4H2,1-2H3. The molecule has 0 aliphatic rings. The third-order valence-corrected chi connectivity index (χ3v) is 2.77. The van der Waals surface area contributed by atoms with E-state index in [9.17, 15) is 17.6 Å². The SMILES string of the molecule is CC(C)n1cc(CNc2c(F)c(F)cc(F)c2F)cn1. The van der Waals surface area contributed by atoms with Gasteiger partial charge in [-0.3, -0.25) is 4.68 Å². The molecule has 1 heterocycles. The third-order valence-electron chi connectivity index (χ3n) is 2.77. The maximum atomic E-state index is 13.4. The predicted molar refractivity (Wildman–Crippen MR) is 66.2 cm³/mol. The maximum Gasteiger partial charge on any atom is 0.185 e. The molecule has 7 heteroatoms. The molecular formula is C13H13F4N3. The van der Waals surface area contributed by atoms with Gasteiger partial charge in [0, 0.05) is 30.4 Å². The van der Waals surface area contributed by atoms with Crippen molar-refractivity contribution < 1.29 is 17.6 Å². The Balaban J connectivity index is 2.18. The number of anilines is 1. The van der Waals surface area contributed by atoms with Crippen LogP contribution in [0.3, 0.4) is 0 Å². The number of benzene rings is 1. The summed E-state index contributed by atoms with van der Waals surface area (Å²) in [4.78, 5) is 0. The average Bonchev–Trinajstić information content (AvgIpc) is 2.85. The monoisotopic (exact) mass is 287 g/mol. The summed E-state index contributed by atoms with van der Waals surface area (Å²) < 4.78 is 54.5. The van der Waals surface area contributed by atoms with Crippen LogP contribution in [0.15, 0.2) is 18.5 Å². The number of nitrogens with one attached hydrogen (secondary N) is 1. The van der Waals surface area contributed by atoms with E-state index in [2.05, 4.69) is 10.4 Å². The smallest absolute Gasteiger partial charge is 0.185 e. The van der Waals surface area contributed by atoms with Crippen molar-refractivity contribution in [1.29, 1.82) is 0 Å². The zero-order chi connectivity index (χ0) is 14.9. The molecule has 0 atom stereocenters. The largest absolute Gasteiger partial charge is 0.376 e. The van der Waals surface area contributed by atoms with Crippen LogP contribution in [0.4, 0.5) is 23.2 Å². The Bertz CT molecular complexity index is 596. The van der Waals surface area contributed by atoms with Crippen molar-refractivity contribution in [2.24, 2.45) is 0 Å². The molecule has 2 aromatic rings. The number of hydrogen-bond donors (Lipinski definition) is 1.